The number of rotatable bonds is 10. The molecule has 1 saturated heterocycles. The van der Waals surface area contributed by atoms with Crippen molar-refractivity contribution in [1.82, 2.24) is 20.4 Å². The summed E-state index contributed by atoms with van der Waals surface area (Å²) in [5, 5.41) is 22.4. The molecule has 1 amide bonds. The van der Waals surface area contributed by atoms with Crippen molar-refractivity contribution in [3.8, 4) is 17.2 Å². The second kappa shape index (κ2) is 15.0. The van der Waals surface area contributed by atoms with E-state index in [2.05, 4.69) is 50.7 Å². The lowest BCUT2D eigenvalue weighted by molar-refractivity contribution is -0.134. The third-order valence-corrected chi connectivity index (χ3v) is 6.13. The number of carbonyl (C=O) groups excluding carboxylic acids is 1. The van der Waals surface area contributed by atoms with Gasteiger partial charge in [-0.15, -0.1) is 0 Å². The molecule has 1 aromatic heterocycles. The van der Waals surface area contributed by atoms with E-state index in [1.807, 2.05) is 24.3 Å². The lowest BCUT2D eigenvalue weighted by atomic mass is 9.93. The second-order valence-corrected chi connectivity index (χ2v) is 8.91. The summed E-state index contributed by atoms with van der Waals surface area (Å²) in [6, 6.07) is 17.9. The Morgan fingerprint density at radius 2 is 1.67 bits per heavy atom. The van der Waals surface area contributed by atoms with Crippen molar-refractivity contribution in [2.75, 3.05) is 26.7 Å². The van der Waals surface area contributed by atoms with E-state index >= 15 is 0 Å². The third kappa shape index (κ3) is 10.0. The van der Waals surface area contributed by atoms with Gasteiger partial charge in [0.1, 0.15) is 5.75 Å². The van der Waals surface area contributed by atoms with E-state index in [1.54, 1.807) is 7.11 Å². The number of benzene rings is 2. The average molecular weight is 537 g/mol. The number of aromatic nitrogens is 2. The second-order valence-electron chi connectivity index (χ2n) is 8.91. The summed E-state index contributed by atoms with van der Waals surface area (Å²) in [6.07, 6.45) is 4.40. The van der Waals surface area contributed by atoms with Crippen LogP contribution in [0.2, 0.25) is 0 Å². The minimum Gasteiger partial charge on any atom is -0.497 e. The number of nitrogens with zero attached hydrogens (tertiary/aromatic N) is 3. The monoisotopic (exact) mass is 536 g/mol. The molecule has 11 nitrogen and oxygen atoms in total. The Labute approximate surface area is 226 Å². The highest BCUT2D eigenvalue weighted by molar-refractivity contribution is 5.90. The Hall–Kier alpha value is -4.51. The molecule has 11 heteroatoms. The molecule has 39 heavy (non-hydrogen) atoms. The number of carboxylic acids is 2. The van der Waals surface area contributed by atoms with Gasteiger partial charge in [0.15, 0.2) is 0 Å². The highest BCUT2D eigenvalue weighted by atomic mass is 16.5. The first-order valence-corrected chi connectivity index (χ1v) is 12.5. The van der Waals surface area contributed by atoms with Gasteiger partial charge in [-0.2, -0.15) is 4.98 Å². The molecule has 2 aromatic carbocycles. The molecular weight excluding hydrogens is 504 g/mol. The van der Waals surface area contributed by atoms with Gasteiger partial charge in [0.2, 0.25) is 0 Å². The third-order valence-electron chi connectivity index (χ3n) is 6.13. The number of ether oxygens (including phenoxy) is 1. The molecule has 0 atom stereocenters. The standard InChI is InChI=1S/C24H28N4O3.C4H4O4/c1-30-21-9-7-20(8-10-21)24-26-22(27-31-24)23(29)25-14-11-18-12-15-28(16-13-18)17-19-5-3-2-4-6-19;5-3(6)1-2-4(7)8/h2-10,18H,11-17H2,1H3,(H,25,29);1-2H,(H,5,6)(H,7,8). The summed E-state index contributed by atoms with van der Waals surface area (Å²) >= 11 is 0. The normalized spacial score (nSPS) is 13.9. The predicted molar refractivity (Wildman–Crippen MR) is 142 cm³/mol. The van der Waals surface area contributed by atoms with Crippen LogP contribution >= 0.6 is 0 Å². The lowest BCUT2D eigenvalue weighted by Gasteiger charge is -2.32. The van der Waals surface area contributed by atoms with E-state index in [0.717, 1.165) is 50.2 Å². The maximum Gasteiger partial charge on any atom is 0.328 e. The van der Waals surface area contributed by atoms with E-state index in [4.69, 9.17) is 19.5 Å². The van der Waals surface area contributed by atoms with E-state index < -0.39 is 11.9 Å². The maximum absolute atomic E-state index is 12.4. The zero-order chi connectivity index (χ0) is 28.0. The van der Waals surface area contributed by atoms with Crippen LogP contribution in [0.15, 0.2) is 71.3 Å². The Kier molecular flexibility index (Phi) is 11.2. The van der Waals surface area contributed by atoms with Gasteiger partial charge < -0.3 is 24.8 Å². The van der Waals surface area contributed by atoms with E-state index in [1.165, 1.54) is 5.56 Å². The molecule has 206 valence electrons. The number of nitrogens with one attached hydrogen (secondary N) is 1. The first kappa shape index (κ1) is 29.1. The molecule has 1 fully saturated rings. The van der Waals surface area contributed by atoms with Gasteiger partial charge >= 0.3 is 11.9 Å². The molecule has 0 saturated carbocycles. The van der Waals surface area contributed by atoms with Crippen molar-refractivity contribution in [1.29, 1.82) is 0 Å². The van der Waals surface area contributed by atoms with E-state index in [0.29, 0.717) is 30.5 Å². The number of carbonyl (C=O) groups is 3. The van der Waals surface area contributed by atoms with Crippen molar-refractivity contribution in [2.24, 2.45) is 5.92 Å². The van der Waals surface area contributed by atoms with Crippen molar-refractivity contribution in [3.05, 3.63) is 78.1 Å². The molecule has 0 unspecified atom stereocenters. The number of carboxylic acid groups (broad SMARTS) is 2. The predicted octanol–water partition coefficient (Wildman–Crippen LogP) is 3.49. The van der Waals surface area contributed by atoms with Crippen molar-refractivity contribution in [3.63, 3.8) is 0 Å². The molecule has 3 N–H and O–H groups in total. The Morgan fingerprint density at radius 1 is 1.03 bits per heavy atom. The highest BCUT2D eigenvalue weighted by Gasteiger charge is 2.20. The summed E-state index contributed by atoms with van der Waals surface area (Å²) in [4.78, 5) is 38.2. The molecule has 4 rings (SSSR count). The minimum atomic E-state index is -1.26. The SMILES string of the molecule is COc1ccc(-c2nc(C(=O)NCCC3CCN(Cc4ccccc4)CC3)no2)cc1.O=C(O)C=CC(=O)O. The van der Waals surface area contributed by atoms with Crippen molar-refractivity contribution in [2.45, 2.75) is 25.8 Å². The average Bonchev–Trinajstić information content (AvgIpc) is 3.44. The van der Waals surface area contributed by atoms with Gasteiger partial charge in [-0.05, 0) is 68.1 Å². The first-order valence-electron chi connectivity index (χ1n) is 12.5. The van der Waals surface area contributed by atoms with Crippen LogP contribution in [0.3, 0.4) is 0 Å². The van der Waals surface area contributed by atoms with Crippen LogP contribution in [0.5, 0.6) is 5.75 Å². The molecule has 0 aliphatic carbocycles. The highest BCUT2D eigenvalue weighted by Crippen LogP contribution is 2.22. The summed E-state index contributed by atoms with van der Waals surface area (Å²) < 4.78 is 10.4. The van der Waals surface area contributed by atoms with Gasteiger partial charge in [-0.1, -0.05) is 35.5 Å². The number of likely N-dealkylation sites (tertiary alicyclic amines) is 1. The minimum absolute atomic E-state index is 0.0588. The number of hydrogen-bond acceptors (Lipinski definition) is 8. The molecule has 1 aliphatic heterocycles. The van der Waals surface area contributed by atoms with Crippen LogP contribution in [-0.2, 0) is 16.1 Å². The largest absolute Gasteiger partial charge is 0.497 e. The fourth-order valence-electron chi connectivity index (χ4n) is 4.05. The summed E-state index contributed by atoms with van der Waals surface area (Å²) in [5.41, 5.74) is 2.11. The zero-order valence-corrected chi connectivity index (χ0v) is 21.7. The number of amides is 1. The quantitative estimate of drug-likeness (QED) is 0.328. The van der Waals surface area contributed by atoms with E-state index in [9.17, 15) is 14.4 Å². The lowest BCUT2D eigenvalue weighted by Crippen LogP contribution is -2.35. The van der Waals surface area contributed by atoms with E-state index in [-0.39, 0.29) is 11.7 Å². The molecule has 1 aliphatic rings. The maximum atomic E-state index is 12.4. The van der Waals surface area contributed by atoms with Gasteiger partial charge in [0, 0.05) is 30.8 Å². The van der Waals surface area contributed by atoms with Gasteiger partial charge in [-0.3, -0.25) is 9.69 Å². The Morgan fingerprint density at radius 3 is 2.26 bits per heavy atom. The van der Waals surface area contributed by atoms with Crippen molar-refractivity contribution >= 4 is 17.8 Å². The van der Waals surface area contributed by atoms with Gasteiger partial charge in [0.25, 0.3) is 17.6 Å². The Bertz CT molecular complexity index is 1220. The van der Waals surface area contributed by atoms with Crippen LogP contribution in [0.1, 0.15) is 35.4 Å². The molecule has 3 aromatic rings. The molecule has 0 spiro atoms. The number of hydrogen-bond donors (Lipinski definition) is 3. The van der Waals surface area contributed by atoms with Crippen LogP contribution in [-0.4, -0.2) is 69.8 Å². The topological polar surface area (TPSA) is 155 Å². The van der Waals surface area contributed by atoms with Crippen LogP contribution in [0.25, 0.3) is 11.5 Å². The summed E-state index contributed by atoms with van der Waals surface area (Å²) in [5.74, 6) is -1.06. The number of methoxy groups -OCH3 is 1. The Balaban J connectivity index is 0.000000459. The van der Waals surface area contributed by atoms with Crippen LogP contribution in [0, 0.1) is 5.92 Å². The van der Waals surface area contributed by atoms with Gasteiger partial charge in [-0.25, -0.2) is 9.59 Å². The first-order chi connectivity index (χ1) is 18.8. The van der Waals surface area contributed by atoms with Crippen molar-refractivity contribution < 1.29 is 33.9 Å². The van der Waals surface area contributed by atoms with Crippen LogP contribution in [0.4, 0.5) is 0 Å². The fourth-order valence-corrected chi connectivity index (χ4v) is 4.05. The smallest absolute Gasteiger partial charge is 0.328 e. The number of aliphatic carboxylic acids is 2. The van der Waals surface area contributed by atoms with Gasteiger partial charge in [0.05, 0.1) is 7.11 Å². The zero-order valence-electron chi connectivity index (χ0n) is 21.7. The van der Waals surface area contributed by atoms with Crippen LogP contribution < -0.4 is 10.1 Å². The summed E-state index contributed by atoms with van der Waals surface area (Å²) in [6.45, 7) is 3.83. The molecular formula is C28H32N4O7. The molecule has 2 heterocycles. The molecule has 0 bridgehead atoms. The summed E-state index contributed by atoms with van der Waals surface area (Å²) in [7, 11) is 1.61. The number of piperidine rings is 1. The molecule has 0 radical (unpaired) electrons. The fraction of sp³-hybridized carbons (Fsp3) is 0.321.